The number of carbonyl (C=O) groups is 1. The summed E-state index contributed by atoms with van der Waals surface area (Å²) >= 11 is 7.86. The molecular weight excluding hydrogens is 654 g/mol. The van der Waals surface area contributed by atoms with Crippen LogP contribution in [0.2, 0.25) is 5.02 Å². The standard InChI is InChI=1S/C34H36ClN7O3S2/c1-20-21(2)46-34-31(20)32(23-13-15-24(35)16-14-23)38-27(33-40-39-22(3)42(33)34)19-30(43)36-17-8-18-37-47(44,45)29-12-7-9-25-26(29)10-6-11-28(25)41(4)5/h6-7,9-16,27,37H,8,17-19H2,1-5H3,(H,36,43). The molecule has 0 aliphatic carbocycles. The van der Waals surface area contributed by atoms with Gasteiger partial charge in [0, 0.05) is 64.7 Å². The fraction of sp³-hybridized carbons (Fsp3) is 0.294. The first-order valence-corrected chi connectivity index (χ1v) is 18.0. The van der Waals surface area contributed by atoms with Gasteiger partial charge in [0.1, 0.15) is 16.9 Å². The summed E-state index contributed by atoms with van der Waals surface area (Å²) in [6.45, 7) is 6.52. The third-order valence-electron chi connectivity index (χ3n) is 8.33. The highest BCUT2D eigenvalue weighted by atomic mass is 35.5. The van der Waals surface area contributed by atoms with Crippen LogP contribution in [0.15, 0.2) is 70.6 Å². The molecule has 1 atom stereocenters. The van der Waals surface area contributed by atoms with Crippen molar-refractivity contribution in [1.29, 1.82) is 0 Å². The molecule has 0 fully saturated rings. The molecule has 1 unspecified atom stereocenters. The van der Waals surface area contributed by atoms with E-state index in [2.05, 4.69) is 34.1 Å². The Morgan fingerprint density at radius 1 is 0.979 bits per heavy atom. The summed E-state index contributed by atoms with van der Waals surface area (Å²) in [6.07, 6.45) is 0.464. The molecule has 0 spiro atoms. The van der Waals surface area contributed by atoms with Gasteiger partial charge in [-0.05, 0) is 57.0 Å². The number of rotatable bonds is 10. The number of benzene rings is 3. The van der Waals surface area contributed by atoms with E-state index >= 15 is 0 Å². The van der Waals surface area contributed by atoms with E-state index in [1.165, 1.54) is 4.88 Å². The summed E-state index contributed by atoms with van der Waals surface area (Å²) in [4.78, 5) is 21.8. The molecule has 3 heterocycles. The van der Waals surface area contributed by atoms with Gasteiger partial charge in [-0.25, -0.2) is 13.1 Å². The number of aryl methyl sites for hydroxylation is 2. The Balaban J connectivity index is 1.16. The molecule has 10 nitrogen and oxygen atoms in total. The molecule has 244 valence electrons. The minimum absolute atomic E-state index is 0.0537. The van der Waals surface area contributed by atoms with E-state index in [1.54, 1.807) is 23.5 Å². The number of carbonyl (C=O) groups excluding carboxylic acids is 1. The van der Waals surface area contributed by atoms with Gasteiger partial charge in [0.15, 0.2) is 5.82 Å². The number of thiophene rings is 1. The van der Waals surface area contributed by atoms with Gasteiger partial charge in [-0.2, -0.15) is 0 Å². The SMILES string of the molecule is Cc1sc2c(c1C)C(c1ccc(Cl)cc1)=NC(CC(=O)NCCCNS(=O)(=O)c1cccc3c(N(C)C)cccc13)c1nnc(C)n1-2. The van der Waals surface area contributed by atoms with Crippen LogP contribution in [0, 0.1) is 20.8 Å². The molecule has 1 amide bonds. The number of hydrogen-bond acceptors (Lipinski definition) is 8. The zero-order valence-corrected chi connectivity index (χ0v) is 29.2. The molecule has 0 saturated carbocycles. The van der Waals surface area contributed by atoms with Crippen molar-refractivity contribution in [3.05, 3.63) is 98.9 Å². The summed E-state index contributed by atoms with van der Waals surface area (Å²) in [5.74, 6) is 1.11. The van der Waals surface area contributed by atoms with Crippen LogP contribution in [0.25, 0.3) is 15.8 Å². The van der Waals surface area contributed by atoms with Gasteiger partial charge < -0.3 is 10.2 Å². The molecule has 3 aromatic carbocycles. The second-order valence-corrected chi connectivity index (χ2v) is 15.1. The molecule has 2 aromatic heterocycles. The predicted molar refractivity (Wildman–Crippen MR) is 189 cm³/mol. The van der Waals surface area contributed by atoms with Gasteiger partial charge in [0.2, 0.25) is 15.9 Å². The van der Waals surface area contributed by atoms with Crippen molar-refractivity contribution in [3.8, 4) is 5.00 Å². The number of amides is 1. The number of halogens is 1. The Bertz CT molecular complexity index is 2120. The Labute approximate surface area is 283 Å². The first-order valence-electron chi connectivity index (χ1n) is 15.3. The van der Waals surface area contributed by atoms with Crippen LogP contribution < -0.4 is 14.9 Å². The van der Waals surface area contributed by atoms with Gasteiger partial charge in [0.05, 0.1) is 17.0 Å². The van der Waals surface area contributed by atoms with Crippen LogP contribution in [0.4, 0.5) is 5.69 Å². The van der Waals surface area contributed by atoms with Gasteiger partial charge >= 0.3 is 0 Å². The minimum atomic E-state index is -3.77. The largest absolute Gasteiger partial charge is 0.377 e. The maximum Gasteiger partial charge on any atom is 0.241 e. The van der Waals surface area contributed by atoms with Crippen LogP contribution in [0.1, 0.15) is 52.1 Å². The Morgan fingerprint density at radius 3 is 2.45 bits per heavy atom. The van der Waals surface area contributed by atoms with E-state index in [9.17, 15) is 13.2 Å². The smallest absolute Gasteiger partial charge is 0.241 e. The molecular formula is C34H36ClN7O3S2. The van der Waals surface area contributed by atoms with E-state index in [4.69, 9.17) is 16.6 Å². The van der Waals surface area contributed by atoms with Crippen molar-refractivity contribution in [2.24, 2.45) is 4.99 Å². The van der Waals surface area contributed by atoms with Crippen molar-refractivity contribution in [2.75, 3.05) is 32.1 Å². The average Bonchev–Trinajstić information content (AvgIpc) is 3.52. The number of aromatic nitrogens is 3. The zero-order chi connectivity index (χ0) is 33.5. The molecule has 1 aliphatic heterocycles. The van der Waals surface area contributed by atoms with Gasteiger partial charge in [-0.3, -0.25) is 14.4 Å². The highest BCUT2D eigenvalue weighted by molar-refractivity contribution is 7.89. The molecule has 5 aromatic rings. The first kappa shape index (κ1) is 32.8. The topological polar surface area (TPSA) is 122 Å². The maximum atomic E-state index is 13.3. The Hall–Kier alpha value is -4.10. The molecule has 47 heavy (non-hydrogen) atoms. The predicted octanol–water partition coefficient (Wildman–Crippen LogP) is 5.89. The van der Waals surface area contributed by atoms with Crippen LogP contribution >= 0.6 is 22.9 Å². The normalized spacial score (nSPS) is 14.3. The fourth-order valence-corrected chi connectivity index (χ4v) is 8.50. The monoisotopic (exact) mass is 689 g/mol. The van der Waals surface area contributed by atoms with Gasteiger partial charge in [-0.15, -0.1) is 21.5 Å². The van der Waals surface area contributed by atoms with E-state index < -0.39 is 16.1 Å². The molecule has 2 N–H and O–H groups in total. The molecule has 1 aliphatic rings. The van der Waals surface area contributed by atoms with Crippen molar-refractivity contribution >= 4 is 61.0 Å². The van der Waals surface area contributed by atoms with Crippen molar-refractivity contribution in [3.63, 3.8) is 0 Å². The third kappa shape index (κ3) is 6.42. The van der Waals surface area contributed by atoms with Crippen molar-refractivity contribution in [1.82, 2.24) is 24.8 Å². The fourth-order valence-electron chi connectivity index (χ4n) is 5.87. The lowest BCUT2D eigenvalue weighted by molar-refractivity contribution is -0.121. The molecule has 0 radical (unpaired) electrons. The molecule has 13 heteroatoms. The van der Waals surface area contributed by atoms with Crippen molar-refractivity contribution < 1.29 is 13.2 Å². The first-order chi connectivity index (χ1) is 22.5. The third-order valence-corrected chi connectivity index (χ3v) is 11.3. The lowest BCUT2D eigenvalue weighted by Crippen LogP contribution is -2.30. The Kier molecular flexibility index (Phi) is 9.21. The van der Waals surface area contributed by atoms with E-state index in [-0.39, 0.29) is 23.8 Å². The van der Waals surface area contributed by atoms with Crippen LogP contribution in [0.3, 0.4) is 0 Å². The van der Waals surface area contributed by atoms with E-state index in [0.29, 0.717) is 29.2 Å². The summed E-state index contributed by atoms with van der Waals surface area (Å²) in [7, 11) is 0.0794. The number of nitrogens with one attached hydrogen (secondary N) is 2. The van der Waals surface area contributed by atoms with Gasteiger partial charge in [-0.1, -0.05) is 48.0 Å². The summed E-state index contributed by atoms with van der Waals surface area (Å²) in [6, 6.07) is 17.9. The lowest BCUT2D eigenvalue weighted by atomic mass is 9.99. The molecule has 6 rings (SSSR count). The summed E-state index contributed by atoms with van der Waals surface area (Å²) < 4.78 is 31.2. The Morgan fingerprint density at radius 2 is 1.70 bits per heavy atom. The minimum Gasteiger partial charge on any atom is -0.377 e. The van der Waals surface area contributed by atoms with Gasteiger partial charge in [0.25, 0.3) is 0 Å². The highest BCUT2D eigenvalue weighted by Gasteiger charge is 2.32. The number of hydrogen-bond donors (Lipinski definition) is 2. The number of nitrogens with zero attached hydrogens (tertiary/aromatic N) is 5. The molecule has 0 saturated heterocycles. The number of fused-ring (bicyclic) bond motifs is 4. The quantitative estimate of drug-likeness (QED) is 0.176. The highest BCUT2D eigenvalue weighted by Crippen LogP contribution is 2.39. The maximum absolute atomic E-state index is 13.3. The number of aliphatic imine (C=N–C) groups is 1. The zero-order valence-electron chi connectivity index (χ0n) is 26.8. The summed E-state index contributed by atoms with van der Waals surface area (Å²) in [5.41, 5.74) is 4.73. The van der Waals surface area contributed by atoms with Crippen molar-refractivity contribution in [2.45, 2.75) is 44.6 Å². The van der Waals surface area contributed by atoms with Crippen LogP contribution in [0.5, 0.6) is 0 Å². The van der Waals surface area contributed by atoms with E-state index in [0.717, 1.165) is 44.3 Å². The average molecular weight is 690 g/mol. The second-order valence-electron chi connectivity index (χ2n) is 11.7. The van der Waals surface area contributed by atoms with Crippen LogP contribution in [-0.2, 0) is 14.8 Å². The molecule has 0 bridgehead atoms. The number of sulfonamides is 1. The summed E-state index contributed by atoms with van der Waals surface area (Å²) in [5, 5.41) is 14.9. The van der Waals surface area contributed by atoms with E-state index in [1.807, 2.05) is 79.0 Å². The lowest BCUT2D eigenvalue weighted by Gasteiger charge is -2.17. The van der Waals surface area contributed by atoms with Crippen LogP contribution in [-0.4, -0.2) is 62.0 Å². The second kappa shape index (κ2) is 13.2. The number of anilines is 1.